The fourth-order valence-corrected chi connectivity index (χ4v) is 0.477. The number of carbonyl (C=O) groups is 1. The number of rotatable bonds is 4. The summed E-state index contributed by atoms with van der Waals surface area (Å²) in [5.74, 6) is -0.572. The Labute approximate surface area is 58.6 Å². The Morgan fingerprint density at radius 2 is 2.20 bits per heavy atom. The van der Waals surface area contributed by atoms with Gasteiger partial charge in [0.05, 0.1) is 6.42 Å². The lowest BCUT2D eigenvalue weighted by molar-refractivity contribution is -0.123. The van der Waals surface area contributed by atoms with Crippen LogP contribution in [0.3, 0.4) is 0 Å². The first-order valence-corrected chi connectivity index (χ1v) is 3.21. The van der Waals surface area contributed by atoms with Crippen molar-refractivity contribution in [3.8, 4) is 0 Å². The number of carbonyl (C=O) groups excluding carboxylic acids is 1. The van der Waals surface area contributed by atoms with Gasteiger partial charge in [-0.25, -0.2) is 8.78 Å². The van der Waals surface area contributed by atoms with E-state index < -0.39 is 18.8 Å². The van der Waals surface area contributed by atoms with E-state index in [4.69, 9.17) is 0 Å². The molecule has 0 saturated heterocycles. The summed E-state index contributed by atoms with van der Waals surface area (Å²) in [4.78, 5) is 10.4. The van der Waals surface area contributed by atoms with E-state index in [0.29, 0.717) is 6.54 Å². The van der Waals surface area contributed by atoms with Crippen LogP contribution in [0.2, 0.25) is 0 Å². The SMILES string of the molecule is CCCNC(=O)CC(F)F. The van der Waals surface area contributed by atoms with E-state index in [1.54, 1.807) is 0 Å². The molecule has 0 aliphatic heterocycles. The van der Waals surface area contributed by atoms with E-state index in [-0.39, 0.29) is 0 Å². The van der Waals surface area contributed by atoms with Crippen molar-refractivity contribution in [3.63, 3.8) is 0 Å². The maximum Gasteiger partial charge on any atom is 0.247 e. The Bertz CT molecular complexity index is 106. The molecular formula is C6H11F2NO. The second-order valence-electron chi connectivity index (χ2n) is 1.95. The largest absolute Gasteiger partial charge is 0.356 e. The van der Waals surface area contributed by atoms with E-state index in [9.17, 15) is 13.6 Å². The van der Waals surface area contributed by atoms with Gasteiger partial charge < -0.3 is 5.32 Å². The predicted octanol–water partition coefficient (Wildman–Crippen LogP) is 1.17. The number of hydrogen-bond acceptors (Lipinski definition) is 1. The molecule has 60 valence electrons. The van der Waals surface area contributed by atoms with Crippen LogP contribution >= 0.6 is 0 Å². The third-order valence-electron chi connectivity index (χ3n) is 0.912. The van der Waals surface area contributed by atoms with Crippen molar-refractivity contribution in [3.05, 3.63) is 0 Å². The molecule has 0 radical (unpaired) electrons. The quantitative estimate of drug-likeness (QED) is 0.642. The zero-order valence-corrected chi connectivity index (χ0v) is 5.86. The summed E-state index contributed by atoms with van der Waals surface area (Å²) in [5.41, 5.74) is 0. The summed E-state index contributed by atoms with van der Waals surface area (Å²) < 4.78 is 22.9. The first kappa shape index (κ1) is 9.33. The summed E-state index contributed by atoms with van der Waals surface area (Å²) in [6.45, 7) is 2.34. The minimum atomic E-state index is -2.53. The maximum atomic E-state index is 11.5. The molecule has 1 N–H and O–H groups in total. The molecule has 2 nitrogen and oxygen atoms in total. The van der Waals surface area contributed by atoms with E-state index in [2.05, 4.69) is 5.32 Å². The summed E-state index contributed by atoms with van der Waals surface area (Å²) in [6.07, 6.45) is -2.44. The zero-order valence-electron chi connectivity index (χ0n) is 5.86. The van der Waals surface area contributed by atoms with Gasteiger partial charge in [-0.15, -0.1) is 0 Å². The molecule has 0 fully saturated rings. The fourth-order valence-electron chi connectivity index (χ4n) is 0.477. The Morgan fingerprint density at radius 1 is 1.60 bits per heavy atom. The van der Waals surface area contributed by atoms with Crippen LogP contribution in [-0.4, -0.2) is 18.9 Å². The Morgan fingerprint density at radius 3 is 2.60 bits per heavy atom. The minimum absolute atomic E-state index is 0.478. The molecule has 0 unspecified atom stereocenters. The van der Waals surface area contributed by atoms with Gasteiger partial charge in [0, 0.05) is 6.54 Å². The predicted molar refractivity (Wildman–Crippen MR) is 33.9 cm³/mol. The molecule has 0 aromatic heterocycles. The Balaban J connectivity index is 3.26. The van der Waals surface area contributed by atoms with Crippen LogP contribution in [0.15, 0.2) is 0 Å². The smallest absolute Gasteiger partial charge is 0.247 e. The van der Waals surface area contributed by atoms with Crippen LogP contribution in [0.1, 0.15) is 19.8 Å². The van der Waals surface area contributed by atoms with Crippen molar-refractivity contribution in [2.75, 3.05) is 6.54 Å². The standard InChI is InChI=1S/C6H11F2NO/c1-2-3-9-6(10)4-5(7)8/h5H,2-4H2,1H3,(H,9,10). The average Bonchev–Trinajstić information content (AvgIpc) is 1.82. The molecular weight excluding hydrogens is 140 g/mol. The van der Waals surface area contributed by atoms with Crippen molar-refractivity contribution in [2.45, 2.75) is 26.2 Å². The normalized spacial score (nSPS) is 10.0. The third-order valence-corrected chi connectivity index (χ3v) is 0.912. The number of halogens is 2. The molecule has 10 heavy (non-hydrogen) atoms. The number of alkyl halides is 2. The van der Waals surface area contributed by atoms with Gasteiger partial charge in [0.25, 0.3) is 0 Å². The second-order valence-corrected chi connectivity index (χ2v) is 1.95. The van der Waals surface area contributed by atoms with Gasteiger partial charge >= 0.3 is 0 Å². The highest BCUT2D eigenvalue weighted by Gasteiger charge is 2.08. The molecule has 0 aliphatic carbocycles. The van der Waals surface area contributed by atoms with Crippen LogP contribution in [0.5, 0.6) is 0 Å². The Kier molecular flexibility index (Phi) is 4.80. The first-order valence-electron chi connectivity index (χ1n) is 3.21. The average molecular weight is 151 g/mol. The summed E-state index contributed by atoms with van der Waals surface area (Å²) >= 11 is 0. The van der Waals surface area contributed by atoms with Gasteiger partial charge in [-0.3, -0.25) is 4.79 Å². The molecule has 1 amide bonds. The number of nitrogens with one attached hydrogen (secondary N) is 1. The van der Waals surface area contributed by atoms with Crippen LogP contribution in [0.25, 0.3) is 0 Å². The van der Waals surface area contributed by atoms with Crippen LogP contribution < -0.4 is 5.32 Å². The third kappa shape index (κ3) is 5.47. The molecule has 0 spiro atoms. The van der Waals surface area contributed by atoms with Crippen molar-refractivity contribution in [2.24, 2.45) is 0 Å². The highest BCUT2D eigenvalue weighted by molar-refractivity contribution is 5.76. The highest BCUT2D eigenvalue weighted by Crippen LogP contribution is 1.97. The topological polar surface area (TPSA) is 29.1 Å². The monoisotopic (exact) mass is 151 g/mol. The summed E-state index contributed by atoms with van der Waals surface area (Å²) in [6, 6.07) is 0. The van der Waals surface area contributed by atoms with Gasteiger partial charge in [-0.2, -0.15) is 0 Å². The molecule has 0 atom stereocenters. The highest BCUT2D eigenvalue weighted by atomic mass is 19.3. The van der Waals surface area contributed by atoms with E-state index in [0.717, 1.165) is 6.42 Å². The van der Waals surface area contributed by atoms with Crippen LogP contribution in [-0.2, 0) is 4.79 Å². The van der Waals surface area contributed by atoms with Gasteiger partial charge in [0.1, 0.15) is 0 Å². The molecule has 0 aromatic rings. The lowest BCUT2D eigenvalue weighted by atomic mass is 10.4. The number of amides is 1. The van der Waals surface area contributed by atoms with Crippen LogP contribution in [0, 0.1) is 0 Å². The summed E-state index contributed by atoms with van der Waals surface area (Å²) in [5, 5.41) is 2.34. The minimum Gasteiger partial charge on any atom is -0.356 e. The van der Waals surface area contributed by atoms with E-state index >= 15 is 0 Å². The second kappa shape index (κ2) is 5.14. The lowest BCUT2D eigenvalue weighted by Crippen LogP contribution is -2.25. The van der Waals surface area contributed by atoms with Crippen molar-refractivity contribution in [1.29, 1.82) is 0 Å². The van der Waals surface area contributed by atoms with E-state index in [1.807, 2.05) is 6.92 Å². The molecule has 0 saturated carbocycles. The number of hydrogen-bond donors (Lipinski definition) is 1. The lowest BCUT2D eigenvalue weighted by Gasteiger charge is -2.00. The van der Waals surface area contributed by atoms with Gasteiger partial charge in [0.15, 0.2) is 0 Å². The fraction of sp³-hybridized carbons (Fsp3) is 0.833. The van der Waals surface area contributed by atoms with Gasteiger partial charge in [0.2, 0.25) is 12.3 Å². The Hall–Kier alpha value is -0.670. The maximum absolute atomic E-state index is 11.5. The molecule has 0 rings (SSSR count). The van der Waals surface area contributed by atoms with Crippen LogP contribution in [0.4, 0.5) is 8.78 Å². The van der Waals surface area contributed by atoms with Gasteiger partial charge in [-0.1, -0.05) is 6.92 Å². The zero-order chi connectivity index (χ0) is 7.98. The molecule has 0 aliphatic rings. The first-order chi connectivity index (χ1) is 4.66. The van der Waals surface area contributed by atoms with Crippen molar-refractivity contribution >= 4 is 5.91 Å². The molecule has 0 bridgehead atoms. The van der Waals surface area contributed by atoms with Gasteiger partial charge in [-0.05, 0) is 6.42 Å². The summed E-state index contributed by atoms with van der Waals surface area (Å²) in [7, 11) is 0. The van der Waals surface area contributed by atoms with E-state index in [1.165, 1.54) is 0 Å². The molecule has 0 aromatic carbocycles. The van der Waals surface area contributed by atoms with Crippen molar-refractivity contribution in [1.82, 2.24) is 5.32 Å². The van der Waals surface area contributed by atoms with Crippen molar-refractivity contribution < 1.29 is 13.6 Å². The molecule has 0 heterocycles. The molecule has 4 heteroatoms.